The summed E-state index contributed by atoms with van der Waals surface area (Å²) in [6, 6.07) is 0. The van der Waals surface area contributed by atoms with E-state index in [1.54, 1.807) is 6.92 Å². The van der Waals surface area contributed by atoms with Crippen LogP contribution in [0.5, 0.6) is 0 Å². The SMILES string of the molecule is COC(=O)CCSC(C)C(=O)OC. The van der Waals surface area contributed by atoms with Crippen LogP contribution in [0.2, 0.25) is 0 Å². The van der Waals surface area contributed by atoms with Gasteiger partial charge in [-0.05, 0) is 6.92 Å². The van der Waals surface area contributed by atoms with Crippen LogP contribution in [0.3, 0.4) is 0 Å². The molecular weight excluding hydrogens is 192 g/mol. The molecule has 0 saturated carbocycles. The lowest BCUT2D eigenvalue weighted by Crippen LogP contribution is -2.16. The molecule has 0 bridgehead atoms. The second-order valence-corrected chi connectivity index (χ2v) is 3.81. The van der Waals surface area contributed by atoms with E-state index in [1.807, 2.05) is 0 Å². The van der Waals surface area contributed by atoms with Crippen molar-refractivity contribution >= 4 is 23.7 Å². The number of carbonyl (C=O) groups excluding carboxylic acids is 2. The molecule has 0 aliphatic heterocycles. The smallest absolute Gasteiger partial charge is 0.318 e. The van der Waals surface area contributed by atoms with Gasteiger partial charge in [-0.2, -0.15) is 0 Å². The highest BCUT2D eigenvalue weighted by Gasteiger charge is 2.13. The zero-order valence-electron chi connectivity index (χ0n) is 8.03. The third kappa shape index (κ3) is 5.52. The minimum atomic E-state index is -0.269. The second-order valence-electron chi connectivity index (χ2n) is 2.36. The molecule has 0 radical (unpaired) electrons. The van der Waals surface area contributed by atoms with Crippen molar-refractivity contribution in [2.75, 3.05) is 20.0 Å². The van der Waals surface area contributed by atoms with Gasteiger partial charge in [-0.15, -0.1) is 11.8 Å². The normalized spacial score (nSPS) is 11.9. The molecule has 0 rings (SSSR count). The molecule has 0 spiro atoms. The Labute approximate surface area is 82.0 Å². The minimum Gasteiger partial charge on any atom is -0.469 e. The maximum Gasteiger partial charge on any atom is 0.318 e. The van der Waals surface area contributed by atoms with Gasteiger partial charge in [0.2, 0.25) is 0 Å². The summed E-state index contributed by atoms with van der Waals surface area (Å²) in [4.78, 5) is 21.6. The monoisotopic (exact) mass is 206 g/mol. The standard InChI is InChI=1S/C8H14O4S/c1-6(8(10)12-3)13-5-4-7(9)11-2/h6H,4-5H2,1-3H3. The van der Waals surface area contributed by atoms with Gasteiger partial charge in [0.05, 0.1) is 25.9 Å². The molecule has 1 atom stereocenters. The number of esters is 2. The summed E-state index contributed by atoms with van der Waals surface area (Å²) >= 11 is 1.38. The highest BCUT2D eigenvalue weighted by atomic mass is 32.2. The summed E-state index contributed by atoms with van der Waals surface area (Å²) in [5.41, 5.74) is 0. The van der Waals surface area contributed by atoms with Crippen LogP contribution < -0.4 is 0 Å². The number of carbonyl (C=O) groups is 2. The van der Waals surface area contributed by atoms with Crippen molar-refractivity contribution in [3.8, 4) is 0 Å². The van der Waals surface area contributed by atoms with Crippen LogP contribution >= 0.6 is 11.8 Å². The molecule has 0 aromatic heterocycles. The third-order valence-electron chi connectivity index (χ3n) is 1.43. The topological polar surface area (TPSA) is 52.6 Å². The molecular formula is C8H14O4S. The summed E-state index contributed by atoms with van der Waals surface area (Å²) < 4.78 is 8.97. The fourth-order valence-corrected chi connectivity index (χ4v) is 1.53. The lowest BCUT2D eigenvalue weighted by atomic mass is 10.5. The van der Waals surface area contributed by atoms with E-state index in [1.165, 1.54) is 26.0 Å². The first-order valence-corrected chi connectivity index (χ1v) is 4.93. The van der Waals surface area contributed by atoms with Gasteiger partial charge in [-0.3, -0.25) is 9.59 Å². The van der Waals surface area contributed by atoms with Gasteiger partial charge in [0.25, 0.3) is 0 Å². The predicted molar refractivity (Wildman–Crippen MR) is 50.6 cm³/mol. The van der Waals surface area contributed by atoms with Crippen molar-refractivity contribution in [3.63, 3.8) is 0 Å². The fourth-order valence-electron chi connectivity index (χ4n) is 0.655. The third-order valence-corrected chi connectivity index (χ3v) is 2.57. The predicted octanol–water partition coefficient (Wildman–Crippen LogP) is 0.844. The average molecular weight is 206 g/mol. The Bertz CT molecular complexity index is 181. The quantitative estimate of drug-likeness (QED) is 0.624. The van der Waals surface area contributed by atoms with E-state index in [-0.39, 0.29) is 17.2 Å². The molecule has 0 heterocycles. The van der Waals surface area contributed by atoms with Crippen molar-refractivity contribution in [1.82, 2.24) is 0 Å². The zero-order chi connectivity index (χ0) is 10.3. The van der Waals surface area contributed by atoms with Crippen LogP contribution in [-0.2, 0) is 19.1 Å². The van der Waals surface area contributed by atoms with Crippen molar-refractivity contribution in [2.24, 2.45) is 0 Å². The average Bonchev–Trinajstić information content (AvgIpc) is 2.15. The molecule has 13 heavy (non-hydrogen) atoms. The highest BCUT2D eigenvalue weighted by molar-refractivity contribution is 8.00. The molecule has 0 fully saturated rings. The van der Waals surface area contributed by atoms with Gasteiger partial charge in [0.1, 0.15) is 0 Å². The Morgan fingerprint density at radius 3 is 2.38 bits per heavy atom. The van der Waals surface area contributed by atoms with Gasteiger partial charge in [0, 0.05) is 5.75 Å². The van der Waals surface area contributed by atoms with E-state index in [2.05, 4.69) is 9.47 Å². The summed E-state index contributed by atoms with van der Waals surface area (Å²) in [7, 11) is 2.69. The molecule has 5 heteroatoms. The lowest BCUT2D eigenvalue weighted by molar-refractivity contribution is -0.141. The maximum absolute atomic E-state index is 10.9. The summed E-state index contributed by atoms with van der Waals surface area (Å²) in [5, 5.41) is -0.227. The molecule has 0 aliphatic carbocycles. The number of rotatable bonds is 5. The number of hydrogen-bond acceptors (Lipinski definition) is 5. The van der Waals surface area contributed by atoms with Crippen molar-refractivity contribution < 1.29 is 19.1 Å². The largest absolute Gasteiger partial charge is 0.469 e. The van der Waals surface area contributed by atoms with E-state index in [9.17, 15) is 9.59 Å². The van der Waals surface area contributed by atoms with Crippen LogP contribution in [0, 0.1) is 0 Å². The van der Waals surface area contributed by atoms with Gasteiger partial charge >= 0.3 is 11.9 Å². The Balaban J connectivity index is 3.53. The molecule has 0 amide bonds. The molecule has 0 N–H and O–H groups in total. The van der Waals surface area contributed by atoms with Gasteiger partial charge in [-0.1, -0.05) is 0 Å². The number of hydrogen-bond donors (Lipinski definition) is 0. The number of thioether (sulfide) groups is 1. The summed E-state index contributed by atoms with van der Waals surface area (Å²) in [5.74, 6) is 0.0441. The van der Waals surface area contributed by atoms with Crippen molar-refractivity contribution in [1.29, 1.82) is 0 Å². The molecule has 0 aromatic rings. The van der Waals surface area contributed by atoms with Crippen LogP contribution in [0.4, 0.5) is 0 Å². The van der Waals surface area contributed by atoms with Crippen LogP contribution in [0.1, 0.15) is 13.3 Å². The van der Waals surface area contributed by atoms with Crippen LogP contribution in [0.15, 0.2) is 0 Å². The van der Waals surface area contributed by atoms with Gasteiger partial charge in [-0.25, -0.2) is 0 Å². The van der Waals surface area contributed by atoms with Crippen molar-refractivity contribution in [2.45, 2.75) is 18.6 Å². The molecule has 0 saturated heterocycles. The molecule has 0 aromatic carbocycles. The van der Waals surface area contributed by atoms with Gasteiger partial charge < -0.3 is 9.47 Å². The lowest BCUT2D eigenvalue weighted by Gasteiger charge is -2.07. The number of ether oxygens (including phenoxy) is 2. The first kappa shape index (κ1) is 12.3. The van der Waals surface area contributed by atoms with E-state index < -0.39 is 0 Å². The Morgan fingerprint density at radius 1 is 1.31 bits per heavy atom. The Hall–Kier alpha value is -0.710. The second kappa shape index (κ2) is 6.77. The molecule has 4 nitrogen and oxygen atoms in total. The molecule has 0 aliphatic rings. The summed E-state index contributed by atoms with van der Waals surface area (Å²) in [6.07, 6.45) is 0.322. The molecule has 76 valence electrons. The Morgan fingerprint density at radius 2 is 1.92 bits per heavy atom. The van der Waals surface area contributed by atoms with Gasteiger partial charge in [0.15, 0.2) is 0 Å². The van der Waals surface area contributed by atoms with E-state index in [0.717, 1.165) is 0 Å². The van der Waals surface area contributed by atoms with Crippen molar-refractivity contribution in [3.05, 3.63) is 0 Å². The number of methoxy groups -OCH3 is 2. The maximum atomic E-state index is 10.9. The first-order valence-electron chi connectivity index (χ1n) is 3.88. The Kier molecular flexibility index (Phi) is 6.40. The fraction of sp³-hybridized carbons (Fsp3) is 0.750. The summed E-state index contributed by atoms with van der Waals surface area (Å²) in [6.45, 7) is 1.74. The van der Waals surface area contributed by atoms with Crippen LogP contribution in [0.25, 0.3) is 0 Å². The minimum absolute atomic E-state index is 0.227. The van der Waals surface area contributed by atoms with E-state index in [4.69, 9.17) is 0 Å². The van der Waals surface area contributed by atoms with E-state index in [0.29, 0.717) is 12.2 Å². The zero-order valence-corrected chi connectivity index (χ0v) is 8.85. The van der Waals surface area contributed by atoms with Crippen LogP contribution in [-0.4, -0.2) is 37.2 Å². The highest BCUT2D eigenvalue weighted by Crippen LogP contribution is 2.12. The molecule has 1 unspecified atom stereocenters. The van der Waals surface area contributed by atoms with E-state index >= 15 is 0 Å². The first-order chi connectivity index (χ1) is 6.11.